The van der Waals surface area contributed by atoms with Crippen LogP contribution in [0.5, 0.6) is 0 Å². The monoisotopic (exact) mass is 326 g/mol. The van der Waals surface area contributed by atoms with Crippen LogP contribution in [0.2, 0.25) is 0 Å². The lowest BCUT2D eigenvalue weighted by Crippen LogP contribution is -2.39. The lowest BCUT2D eigenvalue weighted by Gasteiger charge is -2.26. The zero-order valence-electron chi connectivity index (χ0n) is 13.6. The van der Waals surface area contributed by atoms with Gasteiger partial charge in [-0.2, -0.15) is 0 Å². The Balaban J connectivity index is 1.62. The first-order valence-electron chi connectivity index (χ1n) is 8.06. The molecule has 1 aliphatic rings. The quantitative estimate of drug-likeness (QED) is 0.492. The number of nitro groups is 1. The molecule has 3 rings (SSSR count). The van der Waals surface area contributed by atoms with Gasteiger partial charge in [-0.05, 0) is 19.8 Å². The average molecular weight is 326 g/mol. The highest BCUT2D eigenvalue weighted by Crippen LogP contribution is 2.24. The second-order valence-corrected chi connectivity index (χ2v) is 6.18. The van der Waals surface area contributed by atoms with Crippen LogP contribution in [0.1, 0.15) is 28.8 Å². The molecule has 6 nitrogen and oxygen atoms in total. The van der Waals surface area contributed by atoms with Crippen LogP contribution in [0.25, 0.3) is 0 Å². The Bertz CT molecular complexity index is 733. The summed E-state index contributed by atoms with van der Waals surface area (Å²) < 4.78 is 0. The van der Waals surface area contributed by atoms with Crippen molar-refractivity contribution in [3.63, 3.8) is 0 Å². The van der Waals surface area contributed by atoms with Crippen molar-refractivity contribution < 1.29 is 14.7 Å². The van der Waals surface area contributed by atoms with Crippen molar-refractivity contribution in [3.05, 3.63) is 63.8 Å². The van der Waals surface area contributed by atoms with Crippen molar-refractivity contribution >= 4 is 17.3 Å². The average Bonchev–Trinajstić information content (AvgIpc) is 2.62. The normalized spacial score (nSPS) is 15.3. The Hall–Kier alpha value is -2.76. The van der Waals surface area contributed by atoms with Crippen molar-refractivity contribution in [1.82, 2.24) is 0 Å². The standard InChI is InChI=1S/C18H19N3O3/c1-13-2-4-14(5-3-13)18(22)15-8-10-20(11-9-15)17-7-6-16(12-19-17)21(23)24/h2-7,12,15H,8-11H2,1H3/p+1. The summed E-state index contributed by atoms with van der Waals surface area (Å²) in [6.45, 7) is 3.53. The molecule has 1 aromatic heterocycles. The fourth-order valence-corrected chi connectivity index (χ4v) is 3.05. The highest BCUT2D eigenvalue weighted by atomic mass is 16.6. The second-order valence-electron chi connectivity index (χ2n) is 6.18. The zero-order valence-corrected chi connectivity index (χ0v) is 13.6. The molecule has 0 aliphatic carbocycles. The SMILES string of the molecule is Cc1ccc(C(=O)C2CCN(c3ccc([N+](=O)[O-])c[nH+]3)CC2)cc1. The first kappa shape index (κ1) is 16.1. The minimum Gasteiger partial charge on any atom is -0.294 e. The molecular weight excluding hydrogens is 306 g/mol. The van der Waals surface area contributed by atoms with Gasteiger partial charge in [0.05, 0.1) is 18.0 Å². The van der Waals surface area contributed by atoms with Crippen LogP contribution in [0.3, 0.4) is 0 Å². The van der Waals surface area contributed by atoms with Crippen LogP contribution in [-0.4, -0.2) is 23.8 Å². The summed E-state index contributed by atoms with van der Waals surface area (Å²) in [5.74, 6) is 1.10. The molecule has 0 bridgehead atoms. The number of aromatic amines is 1. The van der Waals surface area contributed by atoms with Crippen LogP contribution in [-0.2, 0) is 0 Å². The van der Waals surface area contributed by atoms with E-state index in [2.05, 4.69) is 9.88 Å². The molecule has 2 aromatic rings. The molecule has 1 saturated heterocycles. The molecule has 0 atom stereocenters. The minimum absolute atomic E-state index is 0.0435. The number of aromatic nitrogens is 1. The van der Waals surface area contributed by atoms with Crippen molar-refractivity contribution in [2.24, 2.45) is 5.92 Å². The molecule has 6 heteroatoms. The summed E-state index contributed by atoms with van der Waals surface area (Å²) in [6, 6.07) is 10.9. The van der Waals surface area contributed by atoms with Crippen LogP contribution < -0.4 is 9.88 Å². The number of Topliss-reactive ketones (excluding diaryl/α,β-unsaturated/α-hetero) is 1. The minimum atomic E-state index is -0.424. The molecule has 0 saturated carbocycles. The van der Waals surface area contributed by atoms with E-state index >= 15 is 0 Å². The Labute approximate surface area is 140 Å². The predicted molar refractivity (Wildman–Crippen MR) is 90.1 cm³/mol. The number of benzene rings is 1. The summed E-state index contributed by atoms with van der Waals surface area (Å²) >= 11 is 0. The maximum absolute atomic E-state index is 12.6. The number of rotatable bonds is 4. The number of piperidine rings is 1. The van der Waals surface area contributed by atoms with Crippen LogP contribution in [0.15, 0.2) is 42.6 Å². The third-order valence-electron chi connectivity index (χ3n) is 4.53. The Kier molecular flexibility index (Phi) is 4.55. The van der Waals surface area contributed by atoms with Gasteiger partial charge < -0.3 is 0 Å². The van der Waals surface area contributed by atoms with E-state index in [0.717, 1.165) is 42.9 Å². The van der Waals surface area contributed by atoms with Crippen LogP contribution >= 0.6 is 0 Å². The van der Waals surface area contributed by atoms with Gasteiger partial charge in [-0.1, -0.05) is 29.8 Å². The fourth-order valence-electron chi connectivity index (χ4n) is 3.05. The third kappa shape index (κ3) is 3.42. The highest BCUT2D eigenvalue weighted by molar-refractivity contribution is 5.98. The van der Waals surface area contributed by atoms with Gasteiger partial charge in [0.1, 0.15) is 0 Å². The topological polar surface area (TPSA) is 77.6 Å². The molecular formula is C18H20N3O3+. The van der Waals surface area contributed by atoms with Crippen LogP contribution in [0.4, 0.5) is 11.5 Å². The molecule has 0 unspecified atom stereocenters. The zero-order chi connectivity index (χ0) is 17.1. The molecule has 124 valence electrons. The summed E-state index contributed by atoms with van der Waals surface area (Å²) in [5.41, 5.74) is 1.97. The largest absolute Gasteiger partial charge is 0.308 e. The van der Waals surface area contributed by atoms with E-state index in [0.29, 0.717) is 0 Å². The third-order valence-corrected chi connectivity index (χ3v) is 4.53. The lowest BCUT2D eigenvalue weighted by atomic mass is 9.88. The van der Waals surface area contributed by atoms with Crippen molar-refractivity contribution in [1.29, 1.82) is 0 Å². The number of carbonyl (C=O) groups is 1. The first-order chi connectivity index (χ1) is 11.5. The van der Waals surface area contributed by atoms with Gasteiger partial charge in [0.25, 0.3) is 5.82 Å². The van der Waals surface area contributed by atoms with Crippen molar-refractivity contribution in [2.45, 2.75) is 19.8 Å². The molecule has 1 fully saturated rings. The molecule has 0 spiro atoms. The second kappa shape index (κ2) is 6.78. The number of anilines is 1. The Morgan fingerprint density at radius 1 is 1.17 bits per heavy atom. The van der Waals surface area contributed by atoms with Crippen molar-refractivity contribution in [3.8, 4) is 0 Å². The van der Waals surface area contributed by atoms with Gasteiger partial charge >= 0.3 is 5.69 Å². The summed E-state index contributed by atoms with van der Waals surface area (Å²) in [6.07, 6.45) is 2.98. The van der Waals surface area contributed by atoms with Gasteiger partial charge in [-0.15, -0.1) is 0 Å². The number of hydrogen-bond acceptors (Lipinski definition) is 4. The maximum atomic E-state index is 12.6. The van der Waals surface area contributed by atoms with Gasteiger partial charge in [0.2, 0.25) is 0 Å². The number of pyridine rings is 1. The number of aryl methyl sites for hydroxylation is 1. The molecule has 0 amide bonds. The maximum Gasteiger partial charge on any atom is 0.308 e. The van der Waals surface area contributed by atoms with Gasteiger partial charge in [-0.25, -0.2) is 4.98 Å². The lowest BCUT2D eigenvalue weighted by molar-refractivity contribution is -0.414. The van der Waals surface area contributed by atoms with Crippen LogP contribution in [0, 0.1) is 23.0 Å². The molecule has 1 N–H and O–H groups in total. The number of hydrogen-bond donors (Lipinski definition) is 0. The van der Waals surface area contributed by atoms with E-state index in [1.54, 1.807) is 6.07 Å². The van der Waals surface area contributed by atoms with Gasteiger partial charge in [0.15, 0.2) is 12.0 Å². The van der Waals surface area contributed by atoms with E-state index in [-0.39, 0.29) is 17.4 Å². The van der Waals surface area contributed by atoms with Gasteiger partial charge in [-0.3, -0.25) is 19.8 Å². The van der Waals surface area contributed by atoms with E-state index in [1.807, 2.05) is 31.2 Å². The smallest absolute Gasteiger partial charge is 0.294 e. The van der Waals surface area contributed by atoms with E-state index in [9.17, 15) is 14.9 Å². The Morgan fingerprint density at radius 2 is 1.83 bits per heavy atom. The van der Waals surface area contributed by atoms with E-state index in [1.165, 1.54) is 12.3 Å². The molecule has 1 aliphatic heterocycles. The first-order valence-corrected chi connectivity index (χ1v) is 8.06. The number of nitrogens with one attached hydrogen (secondary N) is 1. The van der Waals surface area contributed by atoms with E-state index < -0.39 is 4.92 Å². The fraction of sp³-hybridized carbons (Fsp3) is 0.333. The number of nitrogens with zero attached hydrogens (tertiary/aromatic N) is 2. The molecule has 1 aromatic carbocycles. The number of carbonyl (C=O) groups excluding carboxylic acids is 1. The molecule has 0 radical (unpaired) electrons. The number of H-pyrrole nitrogens is 1. The summed E-state index contributed by atoms with van der Waals surface area (Å²) in [7, 11) is 0. The van der Waals surface area contributed by atoms with Crippen molar-refractivity contribution in [2.75, 3.05) is 18.0 Å². The number of ketones is 1. The van der Waals surface area contributed by atoms with E-state index in [4.69, 9.17) is 0 Å². The predicted octanol–water partition coefficient (Wildman–Crippen LogP) is 2.82. The Morgan fingerprint density at radius 3 is 2.38 bits per heavy atom. The summed E-state index contributed by atoms with van der Waals surface area (Å²) in [4.78, 5) is 27.9. The molecule has 24 heavy (non-hydrogen) atoms. The summed E-state index contributed by atoms with van der Waals surface area (Å²) in [5, 5.41) is 10.7. The molecule has 2 heterocycles. The highest BCUT2D eigenvalue weighted by Gasteiger charge is 2.30. The van der Waals surface area contributed by atoms with Gasteiger partial charge in [0, 0.05) is 23.6 Å².